The molecule has 2 N–H and O–H groups in total. The molecule has 0 saturated heterocycles. The molecule has 19 heavy (non-hydrogen) atoms. The van der Waals surface area contributed by atoms with E-state index in [4.69, 9.17) is 38.0 Å². The highest BCUT2D eigenvalue weighted by atomic mass is 35.5. The van der Waals surface area contributed by atoms with Gasteiger partial charge in [-0.05, 0) is 35.3 Å². The van der Waals surface area contributed by atoms with Crippen molar-refractivity contribution in [2.24, 2.45) is 0 Å². The minimum absolute atomic E-state index is 0.320. The summed E-state index contributed by atoms with van der Waals surface area (Å²) < 4.78 is 5.56. The lowest BCUT2D eigenvalue weighted by molar-refractivity contribution is 0.306. The minimum atomic E-state index is -1.54. The van der Waals surface area contributed by atoms with Gasteiger partial charge in [-0.1, -0.05) is 41.4 Å². The average molecular weight is 297 g/mol. The normalized spacial score (nSPS) is 10.3. The summed E-state index contributed by atoms with van der Waals surface area (Å²) in [7, 11) is -1.54. The zero-order valence-electron chi connectivity index (χ0n) is 9.88. The van der Waals surface area contributed by atoms with E-state index >= 15 is 0 Å². The van der Waals surface area contributed by atoms with Gasteiger partial charge >= 0.3 is 7.12 Å². The van der Waals surface area contributed by atoms with Crippen LogP contribution in [0.25, 0.3) is 0 Å². The molecule has 0 atom stereocenters. The van der Waals surface area contributed by atoms with Crippen molar-refractivity contribution in [2.75, 3.05) is 0 Å². The number of rotatable bonds is 4. The molecule has 6 heteroatoms. The van der Waals surface area contributed by atoms with Crippen molar-refractivity contribution in [1.29, 1.82) is 0 Å². The first kappa shape index (κ1) is 14.2. The van der Waals surface area contributed by atoms with Gasteiger partial charge < -0.3 is 14.8 Å². The van der Waals surface area contributed by atoms with Crippen molar-refractivity contribution in [3.8, 4) is 5.75 Å². The average Bonchev–Trinajstić information content (AvgIpc) is 2.37. The second-order valence-electron chi connectivity index (χ2n) is 3.98. The lowest BCUT2D eigenvalue weighted by atomic mass is 9.80. The molecule has 0 heterocycles. The minimum Gasteiger partial charge on any atom is -0.487 e. The SMILES string of the molecule is OB(O)c1ccc(OCc2cccc(Cl)c2)c(Cl)c1. The number of halogens is 2. The summed E-state index contributed by atoms with van der Waals surface area (Å²) in [5.41, 5.74) is 1.25. The van der Waals surface area contributed by atoms with Crippen molar-refractivity contribution < 1.29 is 14.8 Å². The monoisotopic (exact) mass is 296 g/mol. The summed E-state index contributed by atoms with van der Waals surface area (Å²) in [4.78, 5) is 0. The van der Waals surface area contributed by atoms with E-state index in [1.54, 1.807) is 24.3 Å². The third-order valence-corrected chi connectivity index (χ3v) is 3.07. The Morgan fingerprint density at radius 3 is 2.47 bits per heavy atom. The molecule has 2 aromatic rings. The predicted molar refractivity (Wildman–Crippen MR) is 77.1 cm³/mol. The van der Waals surface area contributed by atoms with Crippen LogP contribution < -0.4 is 10.2 Å². The van der Waals surface area contributed by atoms with Crippen LogP contribution in [0.1, 0.15) is 5.56 Å². The van der Waals surface area contributed by atoms with Crippen molar-refractivity contribution in [1.82, 2.24) is 0 Å². The highest BCUT2D eigenvalue weighted by molar-refractivity contribution is 6.59. The maximum Gasteiger partial charge on any atom is 0.488 e. The number of benzene rings is 2. The second kappa shape index (κ2) is 6.30. The molecular formula is C13H11BCl2O3. The van der Waals surface area contributed by atoms with Gasteiger partial charge in [-0.25, -0.2) is 0 Å². The van der Waals surface area contributed by atoms with Crippen LogP contribution in [-0.2, 0) is 6.61 Å². The van der Waals surface area contributed by atoms with Crippen LogP contribution in [0.15, 0.2) is 42.5 Å². The van der Waals surface area contributed by atoms with Crippen LogP contribution in [0.4, 0.5) is 0 Å². The van der Waals surface area contributed by atoms with E-state index in [9.17, 15) is 0 Å². The van der Waals surface area contributed by atoms with E-state index in [2.05, 4.69) is 0 Å². The van der Waals surface area contributed by atoms with Gasteiger partial charge in [0.15, 0.2) is 0 Å². The molecule has 0 aromatic heterocycles. The van der Waals surface area contributed by atoms with Crippen LogP contribution in [0, 0.1) is 0 Å². The van der Waals surface area contributed by atoms with Crippen molar-refractivity contribution in [3.63, 3.8) is 0 Å². The van der Waals surface area contributed by atoms with Crippen LogP contribution in [-0.4, -0.2) is 17.2 Å². The van der Waals surface area contributed by atoms with Gasteiger partial charge in [0, 0.05) is 5.02 Å². The Bertz CT molecular complexity index is 576. The van der Waals surface area contributed by atoms with Gasteiger partial charge in [-0.3, -0.25) is 0 Å². The third-order valence-electron chi connectivity index (χ3n) is 2.54. The molecule has 0 radical (unpaired) electrons. The molecule has 2 aromatic carbocycles. The lowest BCUT2D eigenvalue weighted by Crippen LogP contribution is -2.29. The fraction of sp³-hybridized carbons (Fsp3) is 0.0769. The summed E-state index contributed by atoms with van der Waals surface area (Å²) in [5, 5.41) is 19.0. The molecule has 0 spiro atoms. The molecule has 0 fully saturated rings. The second-order valence-corrected chi connectivity index (χ2v) is 4.83. The first-order valence-corrected chi connectivity index (χ1v) is 6.34. The number of hydrogen-bond acceptors (Lipinski definition) is 3. The first-order valence-electron chi connectivity index (χ1n) is 5.59. The third kappa shape index (κ3) is 3.88. The molecule has 3 nitrogen and oxygen atoms in total. The molecule has 2 rings (SSSR count). The Labute approximate surface area is 121 Å². The zero-order valence-corrected chi connectivity index (χ0v) is 11.4. The van der Waals surface area contributed by atoms with E-state index in [0.29, 0.717) is 27.9 Å². The van der Waals surface area contributed by atoms with Crippen molar-refractivity contribution in [2.45, 2.75) is 6.61 Å². The molecular weight excluding hydrogens is 286 g/mol. The van der Waals surface area contributed by atoms with Gasteiger partial charge in [-0.15, -0.1) is 0 Å². The largest absolute Gasteiger partial charge is 0.488 e. The van der Waals surface area contributed by atoms with Gasteiger partial charge in [0.1, 0.15) is 12.4 Å². The first-order chi connectivity index (χ1) is 9.06. The van der Waals surface area contributed by atoms with E-state index in [0.717, 1.165) is 5.56 Å². The standard InChI is InChI=1S/C13H11BCl2O3/c15-11-3-1-2-9(6-11)8-19-13-5-4-10(14(17)18)7-12(13)16/h1-7,17-18H,8H2. The Kier molecular flexibility index (Phi) is 4.72. The van der Waals surface area contributed by atoms with Gasteiger partial charge in [0.05, 0.1) is 5.02 Å². The molecule has 0 saturated carbocycles. The van der Waals surface area contributed by atoms with Gasteiger partial charge in [0.25, 0.3) is 0 Å². The quantitative estimate of drug-likeness (QED) is 0.851. The zero-order chi connectivity index (χ0) is 13.8. The highest BCUT2D eigenvalue weighted by Crippen LogP contribution is 2.24. The fourth-order valence-corrected chi connectivity index (χ4v) is 2.04. The summed E-state index contributed by atoms with van der Waals surface area (Å²) >= 11 is 11.9. The fourth-order valence-electron chi connectivity index (χ4n) is 1.58. The topological polar surface area (TPSA) is 49.7 Å². The Morgan fingerprint density at radius 1 is 1.05 bits per heavy atom. The maximum atomic E-state index is 9.02. The Morgan fingerprint density at radius 2 is 1.84 bits per heavy atom. The van der Waals surface area contributed by atoms with Crippen LogP contribution in [0.2, 0.25) is 10.0 Å². The van der Waals surface area contributed by atoms with Crippen molar-refractivity contribution in [3.05, 3.63) is 58.1 Å². The molecule has 0 amide bonds. The summed E-state index contributed by atoms with van der Waals surface area (Å²) in [6, 6.07) is 11.9. The molecule has 0 unspecified atom stereocenters. The Balaban J connectivity index is 2.07. The number of ether oxygens (including phenoxy) is 1. The van der Waals surface area contributed by atoms with Gasteiger partial charge in [0.2, 0.25) is 0 Å². The summed E-state index contributed by atoms with van der Waals surface area (Å²) in [6.07, 6.45) is 0. The smallest absolute Gasteiger partial charge is 0.487 e. The molecule has 0 aliphatic heterocycles. The summed E-state index contributed by atoms with van der Waals surface area (Å²) in [6.45, 7) is 0.335. The van der Waals surface area contributed by atoms with E-state index < -0.39 is 7.12 Å². The van der Waals surface area contributed by atoms with Gasteiger partial charge in [-0.2, -0.15) is 0 Å². The maximum absolute atomic E-state index is 9.02. The van der Waals surface area contributed by atoms with Crippen LogP contribution in [0.3, 0.4) is 0 Å². The lowest BCUT2D eigenvalue weighted by Gasteiger charge is -2.09. The van der Waals surface area contributed by atoms with Crippen LogP contribution in [0.5, 0.6) is 5.75 Å². The van der Waals surface area contributed by atoms with E-state index in [-0.39, 0.29) is 0 Å². The molecule has 98 valence electrons. The predicted octanol–water partition coefficient (Wildman–Crippen LogP) is 2.25. The molecule has 0 aliphatic carbocycles. The van der Waals surface area contributed by atoms with Crippen LogP contribution >= 0.6 is 23.2 Å². The highest BCUT2D eigenvalue weighted by Gasteiger charge is 2.13. The molecule has 0 aliphatic rings. The molecule has 0 bridgehead atoms. The van der Waals surface area contributed by atoms with E-state index in [1.807, 2.05) is 12.1 Å². The Hall–Kier alpha value is -1.20. The van der Waals surface area contributed by atoms with E-state index in [1.165, 1.54) is 6.07 Å². The number of hydrogen-bond donors (Lipinski definition) is 2. The van der Waals surface area contributed by atoms with Crippen molar-refractivity contribution >= 4 is 35.8 Å². The summed E-state index contributed by atoms with van der Waals surface area (Å²) in [5.74, 6) is 0.478.